The van der Waals surface area contributed by atoms with E-state index >= 15 is 0 Å². The zero-order valence-electron chi connectivity index (χ0n) is 17.2. The maximum atomic E-state index is 9.25. The Morgan fingerprint density at radius 3 is 2.77 bits per heavy atom. The van der Waals surface area contributed by atoms with Crippen LogP contribution >= 0.6 is 0 Å². The lowest BCUT2D eigenvalue weighted by atomic mass is 9.79. The first-order valence-electron chi connectivity index (χ1n) is 10.3. The van der Waals surface area contributed by atoms with Crippen LogP contribution in [0.15, 0.2) is 42.5 Å². The summed E-state index contributed by atoms with van der Waals surface area (Å²) < 4.78 is 12.5. The quantitative estimate of drug-likeness (QED) is 0.752. The summed E-state index contributed by atoms with van der Waals surface area (Å²) in [4.78, 5) is 6.33. The Morgan fingerprint density at radius 2 is 2.07 bits per heavy atom. The second-order valence-corrected chi connectivity index (χ2v) is 8.58. The number of benzene rings is 2. The summed E-state index contributed by atoms with van der Waals surface area (Å²) >= 11 is 0. The number of nitriles is 1. The number of nitrogens with two attached hydrogens (primary N) is 1. The van der Waals surface area contributed by atoms with Gasteiger partial charge in [0.1, 0.15) is 17.6 Å². The Balaban J connectivity index is 1.59. The van der Waals surface area contributed by atoms with Crippen molar-refractivity contribution in [2.45, 2.75) is 49.9 Å². The molecule has 30 heavy (non-hydrogen) atoms. The van der Waals surface area contributed by atoms with Gasteiger partial charge in [-0.3, -0.25) is 10.2 Å². The van der Waals surface area contributed by atoms with E-state index in [0.29, 0.717) is 18.6 Å². The molecule has 0 amide bonds. The third-order valence-electron chi connectivity index (χ3n) is 6.35. The molecule has 0 saturated carbocycles. The summed E-state index contributed by atoms with van der Waals surface area (Å²) in [7, 11) is 1.83. The Labute approximate surface area is 176 Å². The molecule has 0 aliphatic carbocycles. The van der Waals surface area contributed by atoms with Gasteiger partial charge in [-0.25, -0.2) is 0 Å². The van der Waals surface area contributed by atoms with Crippen molar-refractivity contribution in [3.05, 3.63) is 53.6 Å². The van der Waals surface area contributed by atoms with Crippen LogP contribution < -0.4 is 15.8 Å². The minimum absolute atomic E-state index is 0.230. The Hall–Kier alpha value is -2.47. The van der Waals surface area contributed by atoms with Crippen LogP contribution in [0.1, 0.15) is 37.3 Å². The molecule has 0 radical (unpaired) electrons. The summed E-state index contributed by atoms with van der Waals surface area (Å²) in [5.41, 5.74) is 8.49. The molecule has 0 aromatic heterocycles. The van der Waals surface area contributed by atoms with Crippen molar-refractivity contribution in [2.24, 2.45) is 5.73 Å². The predicted molar refractivity (Wildman–Crippen MR) is 111 cm³/mol. The fraction of sp³-hybridized carbons (Fsp3) is 0.435. The number of rotatable bonds is 1. The predicted octanol–water partition coefficient (Wildman–Crippen LogP) is 2.81. The molecular formula is C23H26N4O3. The SMILES string of the molecule is C[C@H]1CC[C@]2(CO1)C[C@@]1(NC(N)N(C)O1)c1cc(-c3cccc(C#N)c3)ccc1O2. The number of hydrogen-bond donors (Lipinski definition) is 2. The average molecular weight is 406 g/mol. The molecule has 3 aliphatic heterocycles. The van der Waals surface area contributed by atoms with Crippen molar-refractivity contribution in [3.8, 4) is 22.9 Å². The van der Waals surface area contributed by atoms with E-state index in [1.807, 2.05) is 37.4 Å². The molecule has 2 aromatic carbocycles. The van der Waals surface area contributed by atoms with Crippen LogP contribution in [0.4, 0.5) is 0 Å². The van der Waals surface area contributed by atoms with Gasteiger partial charge in [0.2, 0.25) is 0 Å². The third-order valence-corrected chi connectivity index (χ3v) is 6.35. The highest BCUT2D eigenvalue weighted by molar-refractivity contribution is 5.68. The van der Waals surface area contributed by atoms with Gasteiger partial charge in [0.05, 0.1) is 24.3 Å². The number of ether oxygens (including phenoxy) is 2. The van der Waals surface area contributed by atoms with Gasteiger partial charge in [-0.15, -0.1) is 0 Å². The largest absolute Gasteiger partial charge is 0.484 e. The molecule has 4 atom stereocenters. The first kappa shape index (κ1) is 19.5. The third kappa shape index (κ3) is 3.18. The molecule has 3 heterocycles. The molecule has 3 aliphatic rings. The van der Waals surface area contributed by atoms with Crippen LogP contribution in [0, 0.1) is 11.3 Å². The Kier molecular flexibility index (Phi) is 4.58. The topological polar surface area (TPSA) is 92.8 Å². The lowest BCUT2D eigenvalue weighted by Crippen LogP contribution is -2.58. The van der Waals surface area contributed by atoms with Crippen molar-refractivity contribution in [1.29, 1.82) is 5.26 Å². The van der Waals surface area contributed by atoms with E-state index in [2.05, 4.69) is 24.4 Å². The van der Waals surface area contributed by atoms with Crippen LogP contribution in [-0.2, 0) is 15.3 Å². The van der Waals surface area contributed by atoms with E-state index in [0.717, 1.165) is 35.3 Å². The number of hydroxylamine groups is 2. The van der Waals surface area contributed by atoms with Crippen LogP contribution in [0.2, 0.25) is 0 Å². The molecule has 0 bridgehead atoms. The van der Waals surface area contributed by atoms with Gasteiger partial charge in [0, 0.05) is 19.0 Å². The summed E-state index contributed by atoms with van der Waals surface area (Å²) in [6, 6.07) is 15.9. The number of nitrogens with zero attached hydrogens (tertiary/aromatic N) is 2. The lowest BCUT2D eigenvalue weighted by molar-refractivity contribution is -0.233. The zero-order valence-corrected chi connectivity index (χ0v) is 17.2. The fourth-order valence-corrected chi connectivity index (χ4v) is 4.71. The average Bonchev–Trinajstić information content (AvgIpc) is 3.03. The molecule has 5 rings (SSSR count). The Morgan fingerprint density at radius 1 is 1.23 bits per heavy atom. The van der Waals surface area contributed by atoms with Gasteiger partial charge in [-0.1, -0.05) is 18.2 Å². The summed E-state index contributed by atoms with van der Waals surface area (Å²) in [5, 5.41) is 14.4. The highest BCUT2D eigenvalue weighted by Crippen LogP contribution is 2.50. The molecule has 7 nitrogen and oxygen atoms in total. The molecule has 2 fully saturated rings. The monoisotopic (exact) mass is 406 g/mol. The van der Waals surface area contributed by atoms with Gasteiger partial charge < -0.3 is 15.2 Å². The zero-order chi connectivity index (χ0) is 20.9. The molecular weight excluding hydrogens is 380 g/mol. The smallest absolute Gasteiger partial charge is 0.176 e. The van der Waals surface area contributed by atoms with E-state index in [-0.39, 0.29) is 6.10 Å². The van der Waals surface area contributed by atoms with Gasteiger partial charge in [0.25, 0.3) is 0 Å². The Bertz CT molecular complexity index is 1000. The molecule has 1 unspecified atom stereocenters. The van der Waals surface area contributed by atoms with Crippen molar-refractivity contribution >= 4 is 0 Å². The number of hydrogen-bond acceptors (Lipinski definition) is 7. The van der Waals surface area contributed by atoms with Crippen molar-refractivity contribution in [2.75, 3.05) is 13.7 Å². The highest BCUT2D eigenvalue weighted by Gasteiger charge is 2.56. The standard InChI is InChI=1S/C23H26N4O3/c1-15-8-9-22(14-28-15)13-23(26-21(25)27(2)30-23)19-11-18(6-7-20(19)29-22)17-5-3-4-16(10-17)12-24/h3-7,10-11,15,21,26H,8-9,13-14,25H2,1-2H3/t15-,21?,22+,23-/m0/s1. The van der Waals surface area contributed by atoms with Gasteiger partial charge in [-0.2, -0.15) is 10.3 Å². The van der Waals surface area contributed by atoms with Gasteiger partial charge in [-0.05, 0) is 55.2 Å². The van der Waals surface area contributed by atoms with Crippen LogP contribution in [0.25, 0.3) is 11.1 Å². The highest BCUT2D eigenvalue weighted by atomic mass is 16.7. The summed E-state index contributed by atoms with van der Waals surface area (Å²) in [6.07, 6.45) is 2.23. The van der Waals surface area contributed by atoms with E-state index in [1.165, 1.54) is 0 Å². The van der Waals surface area contributed by atoms with Gasteiger partial charge >= 0.3 is 0 Å². The van der Waals surface area contributed by atoms with Crippen LogP contribution in [-0.4, -0.2) is 36.7 Å². The summed E-state index contributed by atoms with van der Waals surface area (Å²) in [6.45, 7) is 2.61. The normalized spacial score (nSPS) is 33.3. The molecule has 7 heteroatoms. The van der Waals surface area contributed by atoms with E-state index in [1.54, 1.807) is 11.1 Å². The maximum absolute atomic E-state index is 9.25. The lowest BCUT2D eigenvalue weighted by Gasteiger charge is -2.48. The minimum Gasteiger partial charge on any atom is -0.484 e. The van der Waals surface area contributed by atoms with Crippen molar-refractivity contribution < 1.29 is 14.3 Å². The maximum Gasteiger partial charge on any atom is 0.176 e. The van der Waals surface area contributed by atoms with Crippen molar-refractivity contribution in [1.82, 2.24) is 10.4 Å². The first-order valence-corrected chi connectivity index (χ1v) is 10.3. The summed E-state index contributed by atoms with van der Waals surface area (Å²) in [5.74, 6) is 0.773. The second-order valence-electron chi connectivity index (χ2n) is 8.58. The molecule has 2 saturated heterocycles. The van der Waals surface area contributed by atoms with Crippen LogP contribution in [0.3, 0.4) is 0 Å². The van der Waals surface area contributed by atoms with E-state index < -0.39 is 17.6 Å². The number of fused-ring (bicyclic) bond motifs is 2. The second kappa shape index (κ2) is 7.05. The first-order chi connectivity index (χ1) is 14.4. The van der Waals surface area contributed by atoms with Gasteiger partial charge in [0.15, 0.2) is 5.72 Å². The fourth-order valence-electron chi connectivity index (χ4n) is 4.71. The molecule has 3 N–H and O–H groups in total. The van der Waals surface area contributed by atoms with E-state index in [9.17, 15) is 5.26 Å². The minimum atomic E-state index is -0.797. The molecule has 2 aromatic rings. The van der Waals surface area contributed by atoms with Crippen LogP contribution in [0.5, 0.6) is 5.75 Å². The molecule has 156 valence electrons. The number of nitrogens with one attached hydrogen (secondary N) is 1. The van der Waals surface area contributed by atoms with E-state index in [4.69, 9.17) is 20.0 Å². The van der Waals surface area contributed by atoms with Crippen molar-refractivity contribution in [3.63, 3.8) is 0 Å². The molecule has 2 spiro atoms.